The van der Waals surface area contributed by atoms with Gasteiger partial charge in [0.1, 0.15) is 11.6 Å². The van der Waals surface area contributed by atoms with Gasteiger partial charge in [-0.2, -0.15) is 0 Å². The Hall–Kier alpha value is -1.17. The molecule has 1 N–H and O–H groups in total. The number of nitrogens with zero attached hydrogens (tertiary/aromatic N) is 1. The van der Waals surface area contributed by atoms with Crippen molar-refractivity contribution >= 4 is 27.5 Å². The zero-order valence-electron chi connectivity index (χ0n) is 11.0. The molecule has 106 valence electrons. The summed E-state index contributed by atoms with van der Waals surface area (Å²) in [5.41, 5.74) is 1.03. The Morgan fingerprint density at radius 3 is 2.85 bits per heavy atom. The van der Waals surface area contributed by atoms with Gasteiger partial charge in [0.15, 0.2) is 0 Å². The lowest BCUT2D eigenvalue weighted by Gasteiger charge is -2.12. The van der Waals surface area contributed by atoms with E-state index in [9.17, 15) is 4.39 Å². The van der Waals surface area contributed by atoms with Crippen molar-refractivity contribution in [3.05, 3.63) is 51.3 Å². The second kappa shape index (κ2) is 6.52. The van der Waals surface area contributed by atoms with Gasteiger partial charge in [-0.05, 0) is 47.6 Å². The van der Waals surface area contributed by atoms with Crippen LogP contribution in [0.1, 0.15) is 18.5 Å². The van der Waals surface area contributed by atoms with Crippen LogP contribution in [0.25, 0.3) is 0 Å². The van der Waals surface area contributed by atoms with Crippen molar-refractivity contribution in [2.45, 2.75) is 13.0 Å². The molecule has 0 aliphatic carbocycles. The van der Waals surface area contributed by atoms with Crippen LogP contribution in [0.4, 0.5) is 4.39 Å². The fourth-order valence-electron chi connectivity index (χ4n) is 1.61. The minimum atomic E-state index is -0.537. The third kappa shape index (κ3) is 3.48. The minimum Gasteiger partial charge on any atom is -0.438 e. The first kappa shape index (κ1) is 15.2. The van der Waals surface area contributed by atoms with E-state index in [0.717, 1.165) is 5.56 Å². The van der Waals surface area contributed by atoms with E-state index in [1.54, 1.807) is 12.3 Å². The smallest absolute Gasteiger partial charge is 0.219 e. The van der Waals surface area contributed by atoms with Crippen LogP contribution in [0.3, 0.4) is 0 Å². The number of nitrogens with one attached hydrogen (secondary N) is 1. The van der Waals surface area contributed by atoms with E-state index in [2.05, 4.69) is 26.2 Å². The van der Waals surface area contributed by atoms with Crippen molar-refractivity contribution < 1.29 is 9.13 Å². The van der Waals surface area contributed by atoms with Gasteiger partial charge in [-0.15, -0.1) is 0 Å². The van der Waals surface area contributed by atoms with Crippen LogP contribution < -0.4 is 10.1 Å². The second-order valence-electron chi connectivity index (χ2n) is 4.24. The van der Waals surface area contributed by atoms with Gasteiger partial charge in [-0.25, -0.2) is 9.37 Å². The maximum Gasteiger partial charge on any atom is 0.219 e. The molecule has 2 rings (SSSR count). The highest BCUT2D eigenvalue weighted by atomic mass is 79.9. The number of halogens is 3. The molecule has 0 amide bonds. The minimum absolute atomic E-state index is 0.0368. The average Bonchev–Trinajstić information content (AvgIpc) is 2.44. The summed E-state index contributed by atoms with van der Waals surface area (Å²) in [5.74, 6) is 0.185. The largest absolute Gasteiger partial charge is 0.438 e. The lowest BCUT2D eigenvalue weighted by atomic mass is 10.1. The Balaban J connectivity index is 2.28. The Morgan fingerprint density at radius 2 is 2.15 bits per heavy atom. The Kier molecular flexibility index (Phi) is 4.96. The van der Waals surface area contributed by atoms with Crippen molar-refractivity contribution in [2.24, 2.45) is 0 Å². The Labute approximate surface area is 130 Å². The summed E-state index contributed by atoms with van der Waals surface area (Å²) in [7, 11) is 1.87. The van der Waals surface area contributed by atoms with Crippen molar-refractivity contribution in [3.8, 4) is 11.6 Å². The second-order valence-corrected chi connectivity index (χ2v) is 5.50. The van der Waals surface area contributed by atoms with Crippen molar-refractivity contribution in [1.82, 2.24) is 10.3 Å². The van der Waals surface area contributed by atoms with Gasteiger partial charge < -0.3 is 10.1 Å². The molecule has 0 bridgehead atoms. The SMILES string of the molecule is CNC(C)c1ccnc(Oc2cc(F)c(Cl)cc2Br)c1. The molecular formula is C14H13BrClFN2O. The fourth-order valence-corrected chi connectivity index (χ4v) is 2.33. The molecule has 1 aromatic carbocycles. The Morgan fingerprint density at radius 1 is 1.40 bits per heavy atom. The lowest BCUT2D eigenvalue weighted by molar-refractivity contribution is 0.453. The third-order valence-electron chi connectivity index (χ3n) is 2.88. The summed E-state index contributed by atoms with van der Waals surface area (Å²) in [6.07, 6.45) is 1.65. The number of benzene rings is 1. The topological polar surface area (TPSA) is 34.2 Å². The molecule has 0 fully saturated rings. The quantitative estimate of drug-likeness (QED) is 0.803. The maximum absolute atomic E-state index is 13.5. The van der Waals surface area contributed by atoms with E-state index in [-0.39, 0.29) is 11.1 Å². The molecule has 1 heterocycles. The summed E-state index contributed by atoms with van der Waals surface area (Å²) >= 11 is 8.97. The Bertz CT molecular complexity index is 624. The molecule has 1 aromatic heterocycles. The lowest BCUT2D eigenvalue weighted by Crippen LogP contribution is -2.12. The molecule has 2 aromatic rings. The standard InChI is InChI=1S/C14H13BrClFN2O/c1-8(18-2)9-3-4-19-14(5-9)20-13-7-12(17)11(16)6-10(13)15/h3-8,18H,1-2H3. The van der Waals surface area contributed by atoms with E-state index in [1.807, 2.05) is 20.0 Å². The zero-order valence-corrected chi connectivity index (χ0v) is 13.3. The van der Waals surface area contributed by atoms with E-state index in [1.165, 1.54) is 12.1 Å². The van der Waals surface area contributed by atoms with Crippen LogP contribution in [0.5, 0.6) is 11.6 Å². The summed E-state index contributed by atoms with van der Waals surface area (Å²) in [4.78, 5) is 4.12. The van der Waals surface area contributed by atoms with Crippen LogP contribution in [-0.2, 0) is 0 Å². The summed E-state index contributed by atoms with van der Waals surface area (Å²) in [6.45, 7) is 2.02. The highest BCUT2D eigenvalue weighted by Gasteiger charge is 2.11. The van der Waals surface area contributed by atoms with Gasteiger partial charge in [0.2, 0.25) is 5.88 Å². The summed E-state index contributed by atoms with van der Waals surface area (Å²) < 4.78 is 19.6. The van der Waals surface area contributed by atoms with Gasteiger partial charge in [0.05, 0.1) is 9.50 Å². The van der Waals surface area contributed by atoms with Crippen LogP contribution in [0.2, 0.25) is 5.02 Å². The van der Waals surface area contributed by atoms with Gasteiger partial charge in [0, 0.05) is 24.4 Å². The van der Waals surface area contributed by atoms with Gasteiger partial charge in [-0.3, -0.25) is 0 Å². The highest BCUT2D eigenvalue weighted by Crippen LogP contribution is 2.33. The van der Waals surface area contributed by atoms with E-state index in [0.29, 0.717) is 16.1 Å². The van der Waals surface area contributed by atoms with E-state index < -0.39 is 5.82 Å². The fraction of sp³-hybridized carbons (Fsp3) is 0.214. The van der Waals surface area contributed by atoms with Gasteiger partial charge >= 0.3 is 0 Å². The number of hydrogen-bond donors (Lipinski definition) is 1. The van der Waals surface area contributed by atoms with Crippen molar-refractivity contribution in [1.29, 1.82) is 0 Å². The highest BCUT2D eigenvalue weighted by molar-refractivity contribution is 9.10. The first-order chi connectivity index (χ1) is 9.51. The number of rotatable bonds is 4. The molecule has 0 aliphatic heterocycles. The van der Waals surface area contributed by atoms with Crippen LogP contribution >= 0.6 is 27.5 Å². The van der Waals surface area contributed by atoms with E-state index in [4.69, 9.17) is 16.3 Å². The first-order valence-electron chi connectivity index (χ1n) is 5.97. The summed E-state index contributed by atoms with van der Waals surface area (Å²) in [6, 6.07) is 6.55. The normalized spacial score (nSPS) is 12.2. The van der Waals surface area contributed by atoms with Gasteiger partial charge in [-0.1, -0.05) is 11.6 Å². The number of ether oxygens (including phenoxy) is 1. The first-order valence-corrected chi connectivity index (χ1v) is 7.14. The van der Waals surface area contributed by atoms with Crippen LogP contribution in [-0.4, -0.2) is 12.0 Å². The molecule has 1 unspecified atom stereocenters. The summed E-state index contributed by atoms with van der Waals surface area (Å²) in [5, 5.41) is 3.17. The van der Waals surface area contributed by atoms with Crippen LogP contribution in [0.15, 0.2) is 34.9 Å². The van der Waals surface area contributed by atoms with Crippen molar-refractivity contribution in [2.75, 3.05) is 7.05 Å². The van der Waals surface area contributed by atoms with Crippen molar-refractivity contribution in [3.63, 3.8) is 0 Å². The number of hydrogen-bond acceptors (Lipinski definition) is 3. The number of pyridine rings is 1. The molecule has 6 heteroatoms. The molecule has 0 aliphatic rings. The monoisotopic (exact) mass is 358 g/mol. The molecular weight excluding hydrogens is 347 g/mol. The number of aromatic nitrogens is 1. The predicted molar refractivity (Wildman–Crippen MR) is 80.9 cm³/mol. The maximum atomic E-state index is 13.5. The zero-order chi connectivity index (χ0) is 14.7. The van der Waals surface area contributed by atoms with E-state index >= 15 is 0 Å². The molecule has 0 spiro atoms. The molecule has 3 nitrogen and oxygen atoms in total. The molecule has 1 atom stereocenters. The van der Waals surface area contributed by atoms with Gasteiger partial charge in [0.25, 0.3) is 0 Å². The molecule has 0 saturated carbocycles. The molecule has 0 radical (unpaired) electrons. The third-order valence-corrected chi connectivity index (χ3v) is 3.79. The van der Waals surface area contributed by atoms with Crippen LogP contribution in [0, 0.1) is 5.82 Å². The molecule has 0 saturated heterocycles. The molecule has 20 heavy (non-hydrogen) atoms. The average molecular weight is 360 g/mol. The predicted octanol–water partition coefficient (Wildman–Crippen LogP) is 4.71.